The maximum absolute atomic E-state index is 12.4. The summed E-state index contributed by atoms with van der Waals surface area (Å²) < 4.78 is 27.6. The smallest absolute Gasteiger partial charge is 0.368 e. The molecule has 104 valence electrons. The molecule has 1 rings (SSSR count). The fourth-order valence-electron chi connectivity index (χ4n) is 1.37. The van der Waals surface area contributed by atoms with Gasteiger partial charge in [-0.1, -0.05) is 18.2 Å². The first kappa shape index (κ1) is 16.4. The zero-order valence-electron chi connectivity index (χ0n) is 10.8. The van der Waals surface area contributed by atoms with Gasteiger partial charge >= 0.3 is 13.6 Å². The number of carbonyl (C=O) groups is 1. The van der Waals surface area contributed by atoms with Crippen molar-refractivity contribution in [3.8, 4) is 0 Å². The summed E-state index contributed by atoms with van der Waals surface area (Å²) in [5.41, 5.74) is 0.734. The number of halogens is 1. The molecule has 0 bridgehead atoms. The van der Waals surface area contributed by atoms with Crippen molar-refractivity contribution in [3.63, 3.8) is 0 Å². The molecule has 1 aromatic rings. The average Bonchev–Trinajstić information content (AvgIpc) is 2.44. The van der Waals surface area contributed by atoms with Crippen LogP contribution in [0.25, 0.3) is 6.08 Å². The molecular formula is C12H14IO5P. The van der Waals surface area contributed by atoms with Gasteiger partial charge in [-0.15, -0.1) is 0 Å². The van der Waals surface area contributed by atoms with Crippen LogP contribution in [-0.2, 0) is 23.1 Å². The standard InChI is InChI=1S/C12H14IO5P/c1-16-12(14)11(19(15,17-2)18-3)8-9-6-4-5-7-10(9)13/h4-8H,1-3H3/b11-8-. The Kier molecular flexibility index (Phi) is 6.19. The topological polar surface area (TPSA) is 61.8 Å². The van der Waals surface area contributed by atoms with Crippen molar-refractivity contribution in [2.24, 2.45) is 0 Å². The largest absolute Gasteiger partial charge is 0.465 e. The second kappa shape index (κ2) is 7.19. The Morgan fingerprint density at radius 1 is 1.21 bits per heavy atom. The monoisotopic (exact) mass is 396 g/mol. The third kappa shape index (κ3) is 3.89. The Morgan fingerprint density at radius 3 is 2.26 bits per heavy atom. The molecule has 0 radical (unpaired) electrons. The van der Waals surface area contributed by atoms with E-state index < -0.39 is 13.6 Å². The van der Waals surface area contributed by atoms with Gasteiger partial charge in [0.1, 0.15) is 5.31 Å². The van der Waals surface area contributed by atoms with Gasteiger partial charge in [0.25, 0.3) is 0 Å². The van der Waals surface area contributed by atoms with Gasteiger partial charge in [0.2, 0.25) is 0 Å². The summed E-state index contributed by atoms with van der Waals surface area (Å²) in [6.07, 6.45) is 1.46. The lowest BCUT2D eigenvalue weighted by Crippen LogP contribution is -2.07. The van der Waals surface area contributed by atoms with Crippen molar-refractivity contribution in [1.82, 2.24) is 0 Å². The van der Waals surface area contributed by atoms with Crippen LogP contribution in [0.5, 0.6) is 0 Å². The third-order valence-corrected chi connectivity index (χ3v) is 5.21. The molecule has 0 unspecified atom stereocenters. The second-order valence-corrected chi connectivity index (χ2v) is 6.77. The molecule has 1 aromatic carbocycles. The number of esters is 1. The van der Waals surface area contributed by atoms with Crippen molar-refractivity contribution >= 4 is 42.2 Å². The SMILES string of the molecule is COC(=O)/C(=C/c1ccccc1I)P(=O)(OC)OC. The first-order chi connectivity index (χ1) is 8.98. The highest BCUT2D eigenvalue weighted by atomic mass is 127. The van der Waals surface area contributed by atoms with E-state index in [0.29, 0.717) is 0 Å². The van der Waals surface area contributed by atoms with Crippen LogP contribution < -0.4 is 0 Å². The first-order valence-electron chi connectivity index (χ1n) is 5.25. The van der Waals surface area contributed by atoms with E-state index in [0.717, 1.165) is 9.13 Å². The normalized spacial score (nSPS) is 12.3. The van der Waals surface area contributed by atoms with Crippen LogP contribution in [0.4, 0.5) is 0 Å². The molecule has 0 saturated carbocycles. The number of rotatable bonds is 5. The Balaban J connectivity index is 3.38. The van der Waals surface area contributed by atoms with Crippen LogP contribution in [0.2, 0.25) is 0 Å². The molecule has 7 heteroatoms. The highest BCUT2D eigenvalue weighted by Crippen LogP contribution is 2.55. The predicted molar refractivity (Wildman–Crippen MR) is 80.8 cm³/mol. The Labute approximate surface area is 125 Å². The minimum atomic E-state index is -3.67. The quantitative estimate of drug-likeness (QED) is 0.331. The molecule has 0 aliphatic heterocycles. The molecule has 0 atom stereocenters. The fraction of sp³-hybridized carbons (Fsp3) is 0.250. The van der Waals surface area contributed by atoms with Crippen molar-refractivity contribution < 1.29 is 23.1 Å². The molecule has 0 heterocycles. The van der Waals surface area contributed by atoms with Crippen molar-refractivity contribution in [2.75, 3.05) is 21.3 Å². The summed E-state index contributed by atoms with van der Waals surface area (Å²) in [4.78, 5) is 11.8. The summed E-state index contributed by atoms with van der Waals surface area (Å²) in [6, 6.07) is 7.34. The van der Waals surface area contributed by atoms with Gasteiger partial charge < -0.3 is 13.8 Å². The lowest BCUT2D eigenvalue weighted by atomic mass is 10.2. The zero-order valence-corrected chi connectivity index (χ0v) is 13.8. The van der Waals surface area contributed by atoms with E-state index in [9.17, 15) is 9.36 Å². The summed E-state index contributed by atoms with van der Waals surface area (Å²) in [6.45, 7) is 0. The molecule has 0 saturated heterocycles. The lowest BCUT2D eigenvalue weighted by molar-refractivity contribution is -0.135. The third-order valence-electron chi connectivity index (χ3n) is 2.37. The van der Waals surface area contributed by atoms with Gasteiger partial charge in [0.05, 0.1) is 7.11 Å². The molecular weight excluding hydrogens is 382 g/mol. The molecule has 0 aliphatic carbocycles. The van der Waals surface area contributed by atoms with E-state index >= 15 is 0 Å². The van der Waals surface area contributed by atoms with Crippen molar-refractivity contribution in [2.45, 2.75) is 0 Å². The number of carbonyl (C=O) groups excluding carboxylic acids is 1. The fourth-order valence-corrected chi connectivity index (χ4v) is 3.06. The van der Waals surface area contributed by atoms with Crippen molar-refractivity contribution in [1.29, 1.82) is 0 Å². The number of ether oxygens (including phenoxy) is 1. The zero-order chi connectivity index (χ0) is 14.5. The summed E-state index contributed by atoms with van der Waals surface area (Å²) in [7, 11) is -0.0174. The lowest BCUT2D eigenvalue weighted by Gasteiger charge is -2.15. The number of benzene rings is 1. The first-order valence-corrected chi connectivity index (χ1v) is 7.87. The minimum Gasteiger partial charge on any atom is -0.465 e. The van der Waals surface area contributed by atoms with E-state index in [-0.39, 0.29) is 5.31 Å². The van der Waals surface area contributed by atoms with Crippen LogP contribution in [0.3, 0.4) is 0 Å². The molecule has 0 amide bonds. The Bertz CT molecular complexity index is 533. The van der Waals surface area contributed by atoms with Crippen LogP contribution in [0.1, 0.15) is 5.56 Å². The molecule has 19 heavy (non-hydrogen) atoms. The van der Waals surface area contributed by atoms with Crippen LogP contribution in [0.15, 0.2) is 29.6 Å². The summed E-state index contributed by atoms with van der Waals surface area (Å²) in [5.74, 6) is -0.744. The average molecular weight is 396 g/mol. The maximum Gasteiger partial charge on any atom is 0.368 e. The van der Waals surface area contributed by atoms with E-state index in [1.54, 1.807) is 6.07 Å². The molecule has 0 aromatic heterocycles. The van der Waals surface area contributed by atoms with Gasteiger partial charge in [-0.25, -0.2) is 4.79 Å². The second-order valence-electron chi connectivity index (χ2n) is 3.41. The Hall–Kier alpha value is -0.690. The van der Waals surface area contributed by atoms with Crippen LogP contribution in [-0.4, -0.2) is 27.3 Å². The van der Waals surface area contributed by atoms with Crippen LogP contribution in [0, 0.1) is 3.57 Å². The summed E-state index contributed by atoms with van der Waals surface area (Å²) >= 11 is 2.11. The highest BCUT2D eigenvalue weighted by Gasteiger charge is 2.34. The highest BCUT2D eigenvalue weighted by molar-refractivity contribution is 14.1. The molecule has 0 fully saturated rings. The molecule has 5 nitrogen and oxygen atoms in total. The van der Waals surface area contributed by atoms with Gasteiger partial charge in [0.15, 0.2) is 0 Å². The minimum absolute atomic E-state index is 0.135. The van der Waals surface area contributed by atoms with Gasteiger partial charge in [-0.05, 0) is 40.3 Å². The Morgan fingerprint density at radius 2 is 1.79 bits per heavy atom. The van der Waals surface area contributed by atoms with Crippen LogP contribution >= 0.6 is 30.2 Å². The summed E-state index contributed by atoms with van der Waals surface area (Å²) in [5, 5.41) is -0.135. The molecule has 0 N–H and O–H groups in total. The maximum atomic E-state index is 12.4. The number of hydrogen-bond acceptors (Lipinski definition) is 5. The van der Waals surface area contributed by atoms with E-state index in [1.807, 2.05) is 18.2 Å². The van der Waals surface area contributed by atoms with Gasteiger partial charge in [-0.2, -0.15) is 0 Å². The van der Waals surface area contributed by atoms with E-state index in [2.05, 4.69) is 27.3 Å². The van der Waals surface area contributed by atoms with Gasteiger partial charge in [-0.3, -0.25) is 4.57 Å². The number of methoxy groups -OCH3 is 1. The van der Waals surface area contributed by atoms with E-state index in [4.69, 9.17) is 9.05 Å². The molecule has 0 spiro atoms. The predicted octanol–water partition coefficient (Wildman–Crippen LogP) is 3.29. The van der Waals surface area contributed by atoms with E-state index in [1.165, 1.54) is 27.4 Å². The van der Waals surface area contributed by atoms with Gasteiger partial charge in [0, 0.05) is 17.8 Å². The molecule has 0 aliphatic rings. The van der Waals surface area contributed by atoms with Crippen molar-refractivity contribution in [3.05, 3.63) is 38.7 Å². The number of hydrogen-bond donors (Lipinski definition) is 0.